The number of hydrogen-bond donors (Lipinski definition) is 0. The lowest BCUT2D eigenvalue weighted by molar-refractivity contribution is -0.661. The van der Waals surface area contributed by atoms with Gasteiger partial charge in [-0.15, -0.1) is 0 Å². The Bertz CT molecular complexity index is 1950. The minimum Gasteiger partial charge on any atom is -0.454 e. The zero-order valence-electron chi connectivity index (χ0n) is 22.2. The second-order valence-corrected chi connectivity index (χ2v) is 11.1. The second kappa shape index (κ2) is 8.53. The predicted octanol–water partition coefficient (Wildman–Crippen LogP) is 8.51. The van der Waals surface area contributed by atoms with Gasteiger partial charge in [-0.2, -0.15) is 5.26 Å². The molecule has 38 heavy (non-hydrogen) atoms. The van der Waals surface area contributed by atoms with Crippen LogP contribution in [0, 0.1) is 24.1 Å². The van der Waals surface area contributed by atoms with Gasteiger partial charge in [-0.3, -0.25) is 0 Å². The number of fused-ring (bicyclic) bond motifs is 4. The van der Waals surface area contributed by atoms with Gasteiger partial charge in [0.1, 0.15) is 24.0 Å². The van der Waals surface area contributed by atoms with Crippen molar-refractivity contribution in [3.8, 4) is 28.5 Å². The smallest absolute Gasteiger partial charge is 0.219 e. The summed E-state index contributed by atoms with van der Waals surface area (Å²) in [6.45, 7) is 8.03. The number of furan rings is 1. The molecule has 0 fully saturated rings. The molecule has 0 amide bonds. The van der Waals surface area contributed by atoms with E-state index >= 15 is 4.39 Å². The molecule has 0 N–H and O–H groups in total. The summed E-state index contributed by atoms with van der Waals surface area (Å²) in [7, 11) is 1.94. The lowest BCUT2D eigenvalue weighted by Crippen LogP contribution is -2.34. The van der Waals surface area contributed by atoms with Crippen LogP contribution < -0.4 is 4.57 Å². The highest BCUT2D eigenvalue weighted by molar-refractivity contribution is 6.15. The van der Waals surface area contributed by atoms with Crippen LogP contribution in [-0.4, -0.2) is 0 Å². The quantitative estimate of drug-likeness (QED) is 0.224. The maximum absolute atomic E-state index is 15.4. The molecular weight excluding hydrogens is 471 g/mol. The van der Waals surface area contributed by atoms with E-state index in [1.54, 1.807) is 6.07 Å². The second-order valence-electron chi connectivity index (χ2n) is 11.1. The van der Waals surface area contributed by atoms with E-state index in [0.29, 0.717) is 22.3 Å². The van der Waals surface area contributed by atoms with Crippen LogP contribution in [0.3, 0.4) is 0 Å². The first-order chi connectivity index (χ1) is 18.2. The first kappa shape index (κ1) is 23.9. The lowest BCUT2D eigenvalue weighted by Gasteiger charge is -2.18. The fraction of sp³-hybridized carbons (Fsp3) is 0.176. The van der Waals surface area contributed by atoms with Gasteiger partial charge in [0, 0.05) is 22.4 Å². The van der Waals surface area contributed by atoms with E-state index in [2.05, 4.69) is 36.4 Å². The molecule has 0 aliphatic rings. The Morgan fingerprint density at radius 1 is 0.895 bits per heavy atom. The average molecular weight is 500 g/mol. The number of aryl methyl sites for hydroxylation is 2. The Hall–Kier alpha value is -4.49. The van der Waals surface area contributed by atoms with Gasteiger partial charge in [0.2, 0.25) is 5.69 Å². The summed E-state index contributed by atoms with van der Waals surface area (Å²) in [5, 5.41) is 13.9. The van der Waals surface area contributed by atoms with Gasteiger partial charge in [0.15, 0.2) is 6.20 Å². The number of nitrogens with zero attached hydrogens (tertiary/aromatic N) is 2. The van der Waals surface area contributed by atoms with E-state index in [4.69, 9.17) is 4.42 Å². The maximum Gasteiger partial charge on any atom is 0.219 e. The third-order valence-electron chi connectivity index (χ3n) is 7.47. The summed E-state index contributed by atoms with van der Waals surface area (Å²) in [4.78, 5) is 0. The monoisotopic (exact) mass is 499 g/mol. The molecule has 4 aromatic carbocycles. The molecule has 186 valence electrons. The highest BCUT2D eigenvalue weighted by Crippen LogP contribution is 2.42. The van der Waals surface area contributed by atoms with Crippen molar-refractivity contribution in [3.05, 3.63) is 102 Å². The largest absolute Gasteiger partial charge is 0.454 e. The van der Waals surface area contributed by atoms with E-state index in [9.17, 15) is 5.26 Å². The predicted molar refractivity (Wildman–Crippen MR) is 151 cm³/mol. The number of rotatable bonds is 2. The van der Waals surface area contributed by atoms with Crippen LogP contribution in [0.25, 0.3) is 55.1 Å². The summed E-state index contributed by atoms with van der Waals surface area (Å²) in [5.41, 5.74) is 6.67. The minimum atomic E-state index is -0.322. The summed E-state index contributed by atoms with van der Waals surface area (Å²) >= 11 is 0. The van der Waals surface area contributed by atoms with Gasteiger partial charge >= 0.3 is 0 Å². The van der Waals surface area contributed by atoms with Gasteiger partial charge in [-0.05, 0) is 52.4 Å². The van der Waals surface area contributed by atoms with E-state index in [1.165, 1.54) is 0 Å². The number of nitriles is 1. The standard InChI is InChI=1S/C34H28FN2O/c1-20-10-14-26-31-24(18-36)13-15-25(23-12-11-21-8-6-7-9-22(21)16-23)32(31)38-33(26)30(20)29-17-28(35)27(19-37(29)5)34(2,3)4/h6-17,19H,1-5H3/q+1. The molecule has 0 saturated carbocycles. The molecule has 0 spiro atoms. The molecule has 4 heteroatoms. The van der Waals surface area contributed by atoms with E-state index in [0.717, 1.165) is 49.5 Å². The van der Waals surface area contributed by atoms with E-state index < -0.39 is 0 Å². The average Bonchev–Trinajstić information content (AvgIpc) is 3.28. The summed E-state index contributed by atoms with van der Waals surface area (Å²) in [5.74, 6) is -0.243. The van der Waals surface area contributed by atoms with Gasteiger partial charge in [-0.25, -0.2) is 8.96 Å². The number of benzene rings is 4. The highest BCUT2D eigenvalue weighted by Gasteiger charge is 2.28. The van der Waals surface area contributed by atoms with Crippen molar-refractivity contribution in [3.63, 3.8) is 0 Å². The minimum absolute atomic E-state index is 0.243. The zero-order chi connectivity index (χ0) is 26.8. The van der Waals surface area contributed by atoms with Crippen molar-refractivity contribution in [2.75, 3.05) is 0 Å². The normalized spacial score (nSPS) is 11.9. The Kier molecular flexibility index (Phi) is 5.36. The fourth-order valence-corrected chi connectivity index (χ4v) is 5.46. The molecule has 0 atom stereocenters. The van der Waals surface area contributed by atoms with Crippen LogP contribution in [0.15, 0.2) is 83.4 Å². The van der Waals surface area contributed by atoms with Crippen LogP contribution in [0.5, 0.6) is 0 Å². The van der Waals surface area contributed by atoms with E-state index in [1.807, 2.05) is 81.9 Å². The fourth-order valence-electron chi connectivity index (χ4n) is 5.46. The molecule has 6 aromatic rings. The summed E-state index contributed by atoms with van der Waals surface area (Å²) in [6, 6.07) is 26.4. The van der Waals surface area contributed by atoms with Crippen molar-refractivity contribution >= 4 is 32.7 Å². The molecule has 6 rings (SSSR count). The van der Waals surface area contributed by atoms with Gasteiger partial charge in [0.25, 0.3) is 0 Å². The molecule has 3 nitrogen and oxygen atoms in total. The Morgan fingerprint density at radius 2 is 1.66 bits per heavy atom. The first-order valence-corrected chi connectivity index (χ1v) is 12.8. The SMILES string of the molecule is Cc1ccc2c(oc3c(-c4ccc5ccccc5c4)ccc(C#N)c32)c1-c1cc(F)c(C(C)(C)C)c[n+]1C. The molecule has 0 aliphatic heterocycles. The molecule has 2 heterocycles. The van der Waals surface area contributed by atoms with Gasteiger partial charge in [-0.1, -0.05) is 69.3 Å². The van der Waals surface area contributed by atoms with Crippen molar-refractivity contribution < 1.29 is 13.4 Å². The third kappa shape index (κ3) is 3.66. The third-order valence-corrected chi connectivity index (χ3v) is 7.47. The topological polar surface area (TPSA) is 40.8 Å². The molecule has 2 aromatic heterocycles. The zero-order valence-corrected chi connectivity index (χ0v) is 22.2. The highest BCUT2D eigenvalue weighted by atomic mass is 19.1. The Labute approximate surface area is 221 Å². The van der Waals surface area contributed by atoms with Gasteiger partial charge < -0.3 is 4.42 Å². The van der Waals surface area contributed by atoms with Crippen molar-refractivity contribution in [1.29, 1.82) is 5.26 Å². The van der Waals surface area contributed by atoms with Crippen LogP contribution in [-0.2, 0) is 12.5 Å². The van der Waals surface area contributed by atoms with Crippen LogP contribution in [0.1, 0.15) is 37.5 Å². The molecule has 0 bridgehead atoms. The Balaban J connectivity index is 1.67. The Morgan fingerprint density at radius 3 is 2.39 bits per heavy atom. The van der Waals surface area contributed by atoms with Gasteiger partial charge in [0.05, 0.1) is 22.8 Å². The molecule has 0 saturated heterocycles. The maximum atomic E-state index is 15.4. The van der Waals surface area contributed by atoms with Crippen LogP contribution >= 0.6 is 0 Å². The van der Waals surface area contributed by atoms with Crippen molar-refractivity contribution in [2.24, 2.45) is 7.05 Å². The number of halogens is 1. The molecule has 0 aliphatic carbocycles. The van der Waals surface area contributed by atoms with Crippen molar-refractivity contribution in [1.82, 2.24) is 0 Å². The molecular formula is C34H28FN2O+. The molecule has 0 unspecified atom stereocenters. The van der Waals surface area contributed by atoms with Crippen LogP contribution in [0.4, 0.5) is 4.39 Å². The van der Waals surface area contributed by atoms with Crippen LogP contribution in [0.2, 0.25) is 0 Å². The molecule has 0 radical (unpaired) electrons. The van der Waals surface area contributed by atoms with E-state index in [-0.39, 0.29) is 11.2 Å². The summed E-state index contributed by atoms with van der Waals surface area (Å²) in [6.07, 6.45) is 1.87. The van der Waals surface area contributed by atoms with Crippen molar-refractivity contribution in [2.45, 2.75) is 33.1 Å². The lowest BCUT2D eigenvalue weighted by atomic mass is 9.87. The first-order valence-electron chi connectivity index (χ1n) is 12.8. The summed E-state index contributed by atoms with van der Waals surface area (Å²) < 4.78 is 24.0. The number of pyridine rings is 1. The number of hydrogen-bond acceptors (Lipinski definition) is 2. The number of aromatic nitrogens is 1.